The molecule has 6 heteroatoms. The van der Waals surface area contributed by atoms with Crippen LogP contribution >= 0.6 is 0 Å². The molecule has 2 heterocycles. The number of hydrogen-bond donors (Lipinski definition) is 1. The van der Waals surface area contributed by atoms with Crippen molar-refractivity contribution in [2.45, 2.75) is 75.8 Å². The lowest BCUT2D eigenvalue weighted by Crippen LogP contribution is -2.52. The number of benzene rings is 1. The molecular formula is C24H34FN3O2. The zero-order chi connectivity index (χ0) is 21.1. The largest absolute Gasteiger partial charge is 0.351 e. The van der Waals surface area contributed by atoms with Gasteiger partial charge in [0, 0.05) is 44.1 Å². The number of carbonyl (C=O) groups is 2. The second kappa shape index (κ2) is 9.04. The van der Waals surface area contributed by atoms with Gasteiger partial charge < -0.3 is 15.1 Å². The minimum atomic E-state index is -0.382. The van der Waals surface area contributed by atoms with Gasteiger partial charge >= 0.3 is 0 Å². The number of piperidine rings is 1. The zero-order valence-corrected chi connectivity index (χ0v) is 18.0. The van der Waals surface area contributed by atoms with E-state index in [2.05, 4.69) is 16.3 Å². The fourth-order valence-electron chi connectivity index (χ4n) is 5.61. The molecule has 1 aliphatic carbocycles. The summed E-state index contributed by atoms with van der Waals surface area (Å²) < 4.78 is 13.9. The van der Waals surface area contributed by atoms with Crippen molar-refractivity contribution < 1.29 is 14.0 Å². The summed E-state index contributed by atoms with van der Waals surface area (Å²) in [6, 6.07) is 6.95. The molecule has 1 aromatic carbocycles. The van der Waals surface area contributed by atoms with Gasteiger partial charge in [-0.2, -0.15) is 0 Å². The van der Waals surface area contributed by atoms with Gasteiger partial charge in [0.25, 0.3) is 0 Å². The number of nitrogens with one attached hydrogen (secondary N) is 1. The fourth-order valence-corrected chi connectivity index (χ4v) is 5.61. The average molecular weight is 416 g/mol. The molecule has 0 aromatic heterocycles. The van der Waals surface area contributed by atoms with Crippen molar-refractivity contribution in [3.63, 3.8) is 0 Å². The number of hydrogen-bond acceptors (Lipinski definition) is 3. The molecule has 3 fully saturated rings. The quantitative estimate of drug-likeness (QED) is 0.776. The predicted octanol–water partition coefficient (Wildman–Crippen LogP) is 3.23. The Hall–Kier alpha value is -1.95. The maximum Gasteiger partial charge on any atom is 0.242 e. The highest BCUT2D eigenvalue weighted by molar-refractivity contribution is 5.88. The van der Waals surface area contributed by atoms with Crippen LogP contribution in [-0.2, 0) is 15.0 Å². The van der Waals surface area contributed by atoms with Gasteiger partial charge in [-0.3, -0.25) is 9.59 Å². The van der Waals surface area contributed by atoms with Crippen molar-refractivity contribution in [1.82, 2.24) is 15.1 Å². The second-order valence-electron chi connectivity index (χ2n) is 9.42. The van der Waals surface area contributed by atoms with Gasteiger partial charge in [0.2, 0.25) is 11.8 Å². The average Bonchev–Trinajstić information content (AvgIpc) is 3.39. The Balaban J connectivity index is 1.31. The molecule has 4 rings (SSSR count). The zero-order valence-electron chi connectivity index (χ0n) is 18.0. The second-order valence-corrected chi connectivity index (χ2v) is 9.42. The van der Waals surface area contributed by atoms with Crippen LogP contribution in [0.25, 0.3) is 0 Å². The summed E-state index contributed by atoms with van der Waals surface area (Å²) >= 11 is 0. The van der Waals surface area contributed by atoms with Crippen LogP contribution in [-0.4, -0.2) is 59.9 Å². The minimum absolute atomic E-state index is 0.0317. The first-order valence-electron chi connectivity index (χ1n) is 11.6. The number of amides is 2. The van der Waals surface area contributed by atoms with E-state index in [1.165, 1.54) is 18.9 Å². The van der Waals surface area contributed by atoms with Crippen LogP contribution in [0.5, 0.6) is 0 Å². The molecule has 164 valence electrons. The van der Waals surface area contributed by atoms with Crippen LogP contribution in [0.3, 0.4) is 0 Å². The molecule has 1 N–H and O–H groups in total. The van der Waals surface area contributed by atoms with Gasteiger partial charge in [0.15, 0.2) is 0 Å². The SMILES string of the molecule is C[C@@H](C(=O)NC1CCN(CC2(c3cccc(F)c3)CCCC2)CC1)N1CCCC1=O. The molecule has 0 unspecified atom stereocenters. The van der Waals surface area contributed by atoms with E-state index in [1.807, 2.05) is 13.0 Å². The standard InChI is InChI=1S/C24H34FN3O2/c1-18(28-13-5-8-22(28)29)23(30)26-21-9-14-27(15-10-21)17-24(11-2-3-12-24)19-6-4-7-20(25)16-19/h4,6-7,16,18,21H,2-3,5,8-15,17H2,1H3,(H,26,30)/t18-/m0/s1. The molecule has 0 bridgehead atoms. The van der Waals surface area contributed by atoms with Crippen LogP contribution < -0.4 is 5.32 Å². The highest BCUT2D eigenvalue weighted by Crippen LogP contribution is 2.42. The Kier molecular flexibility index (Phi) is 6.42. The van der Waals surface area contributed by atoms with Gasteiger partial charge in [-0.05, 0) is 56.7 Å². The fraction of sp³-hybridized carbons (Fsp3) is 0.667. The van der Waals surface area contributed by atoms with E-state index in [9.17, 15) is 14.0 Å². The monoisotopic (exact) mass is 415 g/mol. The van der Waals surface area contributed by atoms with Crippen LogP contribution in [0, 0.1) is 5.82 Å². The Morgan fingerprint density at radius 1 is 1.20 bits per heavy atom. The van der Waals surface area contributed by atoms with Crippen molar-refractivity contribution in [2.75, 3.05) is 26.2 Å². The molecule has 1 saturated carbocycles. The molecule has 1 aromatic rings. The van der Waals surface area contributed by atoms with Crippen molar-refractivity contribution in [2.24, 2.45) is 0 Å². The highest BCUT2D eigenvalue weighted by atomic mass is 19.1. The Morgan fingerprint density at radius 2 is 1.93 bits per heavy atom. The summed E-state index contributed by atoms with van der Waals surface area (Å²) in [4.78, 5) is 28.7. The third-order valence-corrected chi connectivity index (χ3v) is 7.41. The molecular weight excluding hydrogens is 381 g/mol. The molecule has 0 radical (unpaired) electrons. The number of carbonyl (C=O) groups excluding carboxylic acids is 2. The lowest BCUT2D eigenvalue weighted by molar-refractivity contribution is -0.137. The first-order valence-corrected chi connectivity index (χ1v) is 11.6. The predicted molar refractivity (Wildman–Crippen MR) is 115 cm³/mol. The van der Waals surface area contributed by atoms with Gasteiger partial charge in [-0.1, -0.05) is 25.0 Å². The summed E-state index contributed by atoms with van der Waals surface area (Å²) in [5, 5.41) is 3.17. The lowest BCUT2D eigenvalue weighted by atomic mass is 9.78. The molecule has 3 aliphatic rings. The molecule has 30 heavy (non-hydrogen) atoms. The van der Waals surface area contributed by atoms with Gasteiger partial charge in [0.05, 0.1) is 0 Å². The Bertz CT molecular complexity index is 769. The summed E-state index contributed by atoms with van der Waals surface area (Å²) in [5.74, 6) is -0.0896. The van der Waals surface area contributed by atoms with E-state index in [4.69, 9.17) is 0 Å². The van der Waals surface area contributed by atoms with E-state index in [-0.39, 0.29) is 35.1 Å². The van der Waals surface area contributed by atoms with Crippen molar-refractivity contribution in [1.29, 1.82) is 0 Å². The number of nitrogens with zero attached hydrogens (tertiary/aromatic N) is 2. The minimum Gasteiger partial charge on any atom is -0.351 e. The van der Waals surface area contributed by atoms with E-state index < -0.39 is 0 Å². The van der Waals surface area contributed by atoms with Crippen LogP contribution in [0.4, 0.5) is 4.39 Å². The van der Waals surface area contributed by atoms with E-state index >= 15 is 0 Å². The highest BCUT2D eigenvalue weighted by Gasteiger charge is 2.38. The van der Waals surface area contributed by atoms with Crippen LogP contribution in [0.15, 0.2) is 24.3 Å². The lowest BCUT2D eigenvalue weighted by Gasteiger charge is -2.40. The van der Waals surface area contributed by atoms with Crippen LogP contribution in [0.1, 0.15) is 63.9 Å². The first-order chi connectivity index (χ1) is 14.5. The smallest absolute Gasteiger partial charge is 0.242 e. The topological polar surface area (TPSA) is 52.7 Å². The van der Waals surface area contributed by atoms with Gasteiger partial charge in [-0.15, -0.1) is 0 Å². The summed E-state index contributed by atoms with van der Waals surface area (Å²) in [7, 11) is 0. The molecule has 2 aliphatic heterocycles. The molecule has 0 spiro atoms. The van der Waals surface area contributed by atoms with Gasteiger partial charge in [0.1, 0.15) is 11.9 Å². The maximum atomic E-state index is 13.9. The first kappa shape index (κ1) is 21.3. The Morgan fingerprint density at radius 3 is 2.57 bits per heavy atom. The van der Waals surface area contributed by atoms with Crippen molar-refractivity contribution in [3.8, 4) is 0 Å². The molecule has 5 nitrogen and oxygen atoms in total. The third kappa shape index (κ3) is 4.53. The number of rotatable bonds is 6. The number of likely N-dealkylation sites (tertiary alicyclic amines) is 2. The normalized spacial score (nSPS) is 23.7. The summed E-state index contributed by atoms with van der Waals surface area (Å²) in [5.41, 5.74) is 1.20. The summed E-state index contributed by atoms with van der Waals surface area (Å²) in [6.07, 6.45) is 7.90. The molecule has 2 saturated heterocycles. The van der Waals surface area contributed by atoms with Crippen LogP contribution in [0.2, 0.25) is 0 Å². The molecule has 2 amide bonds. The third-order valence-electron chi connectivity index (χ3n) is 7.41. The van der Waals surface area contributed by atoms with E-state index in [0.29, 0.717) is 13.0 Å². The maximum absolute atomic E-state index is 13.9. The summed E-state index contributed by atoms with van der Waals surface area (Å²) in [6.45, 7) is 5.37. The van der Waals surface area contributed by atoms with Crippen molar-refractivity contribution >= 4 is 11.8 Å². The Labute approximate surface area is 179 Å². The molecule has 1 atom stereocenters. The van der Waals surface area contributed by atoms with E-state index in [1.54, 1.807) is 11.0 Å². The van der Waals surface area contributed by atoms with E-state index in [0.717, 1.165) is 57.3 Å². The van der Waals surface area contributed by atoms with Gasteiger partial charge in [-0.25, -0.2) is 4.39 Å². The van der Waals surface area contributed by atoms with Crippen molar-refractivity contribution in [3.05, 3.63) is 35.6 Å². The number of halogens is 1.